The Bertz CT molecular complexity index is 1340. The molecule has 3 aromatic rings. The number of sulfonamides is 1. The molecule has 1 aliphatic heterocycles. The minimum Gasteiger partial charge on any atom is -0.305 e. The number of aryl methyl sites for hydroxylation is 2. The molecule has 0 amide bonds. The van der Waals surface area contributed by atoms with Crippen LogP contribution < -0.4 is 11.1 Å². The van der Waals surface area contributed by atoms with Gasteiger partial charge in [-0.2, -0.15) is 4.31 Å². The maximum atomic E-state index is 13.7. The molecule has 0 saturated carbocycles. The summed E-state index contributed by atoms with van der Waals surface area (Å²) in [5, 5.41) is 0. The van der Waals surface area contributed by atoms with Gasteiger partial charge in [-0.1, -0.05) is 12.1 Å². The van der Waals surface area contributed by atoms with Crippen molar-refractivity contribution in [3.05, 3.63) is 74.6 Å². The lowest BCUT2D eigenvalue weighted by molar-refractivity contribution is 0.395. The predicted molar refractivity (Wildman–Crippen MR) is 107 cm³/mol. The van der Waals surface area contributed by atoms with Gasteiger partial charge in [-0.3, -0.25) is 9.59 Å². The number of hydrogen-bond donors (Lipinski definition) is 0. The molecule has 29 heavy (non-hydrogen) atoms. The highest BCUT2D eigenvalue weighted by Gasteiger charge is 2.36. The normalized spacial score (nSPS) is 17.8. The second-order valence-corrected chi connectivity index (χ2v) is 9.10. The van der Waals surface area contributed by atoms with E-state index in [1.807, 2.05) is 0 Å². The van der Waals surface area contributed by atoms with Gasteiger partial charge in [-0.05, 0) is 48.7 Å². The lowest BCUT2D eigenvalue weighted by Crippen LogP contribution is -2.39. The van der Waals surface area contributed by atoms with Crippen molar-refractivity contribution in [2.75, 3.05) is 6.54 Å². The van der Waals surface area contributed by atoms with Crippen LogP contribution >= 0.6 is 0 Å². The number of benzene rings is 2. The number of aromatic nitrogens is 2. The molecule has 0 aliphatic carbocycles. The summed E-state index contributed by atoms with van der Waals surface area (Å²) >= 11 is 0. The van der Waals surface area contributed by atoms with Crippen LogP contribution in [-0.4, -0.2) is 28.4 Å². The zero-order valence-corrected chi connectivity index (χ0v) is 16.8. The molecule has 9 heteroatoms. The summed E-state index contributed by atoms with van der Waals surface area (Å²) in [5.41, 5.74) is 0.00941. The number of halogens is 1. The molecule has 2 aromatic carbocycles. The first-order valence-corrected chi connectivity index (χ1v) is 10.6. The van der Waals surface area contributed by atoms with Gasteiger partial charge < -0.3 is 9.13 Å². The van der Waals surface area contributed by atoms with Crippen molar-refractivity contribution in [2.24, 2.45) is 14.1 Å². The third-order valence-electron chi connectivity index (χ3n) is 5.51. The molecule has 0 N–H and O–H groups in total. The summed E-state index contributed by atoms with van der Waals surface area (Å²) in [5.74, 6) is -0.409. The topological polar surface area (TPSA) is 81.4 Å². The van der Waals surface area contributed by atoms with Gasteiger partial charge in [0.2, 0.25) is 10.0 Å². The molecule has 1 atom stereocenters. The van der Waals surface area contributed by atoms with Crippen molar-refractivity contribution < 1.29 is 12.8 Å². The molecular weight excluding hydrogens is 397 g/mol. The van der Waals surface area contributed by atoms with Crippen LogP contribution in [-0.2, 0) is 24.1 Å². The monoisotopic (exact) mass is 417 g/mol. The van der Waals surface area contributed by atoms with Gasteiger partial charge in [-0.25, -0.2) is 12.8 Å². The minimum absolute atomic E-state index is 0.0296. The second kappa shape index (κ2) is 6.93. The number of nitrogens with zero attached hydrogens (tertiary/aromatic N) is 3. The van der Waals surface area contributed by atoms with E-state index in [0.717, 1.165) is 4.57 Å². The van der Waals surface area contributed by atoms with Gasteiger partial charge in [0.25, 0.3) is 0 Å². The molecule has 1 fully saturated rings. The van der Waals surface area contributed by atoms with Crippen LogP contribution in [0.25, 0.3) is 11.0 Å². The molecule has 1 aliphatic rings. The standard InChI is InChI=1S/C20H20FN3O4S/c1-22-17-9-8-15(12-18(17)23(2)20(26)19(22)25)29(27,28)24-10-4-7-16(24)13-5-3-6-14(21)11-13/h3,5-6,8-9,11-12,16H,4,7,10H2,1-2H3. The van der Waals surface area contributed by atoms with Crippen LogP contribution in [0.15, 0.2) is 56.9 Å². The fraction of sp³-hybridized carbons (Fsp3) is 0.300. The number of rotatable bonds is 3. The largest absolute Gasteiger partial charge is 0.316 e. The number of fused-ring (bicyclic) bond motifs is 1. The molecule has 1 unspecified atom stereocenters. The average molecular weight is 417 g/mol. The van der Waals surface area contributed by atoms with E-state index in [4.69, 9.17) is 0 Å². The van der Waals surface area contributed by atoms with Crippen molar-refractivity contribution in [2.45, 2.75) is 23.8 Å². The third kappa shape index (κ3) is 3.10. The van der Waals surface area contributed by atoms with E-state index in [1.165, 1.54) is 53.3 Å². The van der Waals surface area contributed by atoms with Gasteiger partial charge >= 0.3 is 11.1 Å². The Hall–Kier alpha value is -2.78. The summed E-state index contributed by atoms with van der Waals surface area (Å²) in [6.45, 7) is 0.327. The predicted octanol–water partition coefficient (Wildman–Crippen LogP) is 1.90. The van der Waals surface area contributed by atoms with Crippen molar-refractivity contribution >= 4 is 21.1 Å². The molecule has 7 nitrogen and oxygen atoms in total. The van der Waals surface area contributed by atoms with Crippen molar-refractivity contribution in [1.82, 2.24) is 13.4 Å². The zero-order chi connectivity index (χ0) is 20.9. The Kier molecular flexibility index (Phi) is 4.66. The highest BCUT2D eigenvalue weighted by atomic mass is 32.2. The third-order valence-corrected chi connectivity index (χ3v) is 7.41. The van der Waals surface area contributed by atoms with Crippen molar-refractivity contribution in [1.29, 1.82) is 0 Å². The number of hydrogen-bond acceptors (Lipinski definition) is 4. The lowest BCUT2D eigenvalue weighted by atomic mass is 10.1. The minimum atomic E-state index is -3.88. The van der Waals surface area contributed by atoms with E-state index in [2.05, 4.69) is 0 Å². The Morgan fingerprint density at radius 3 is 2.34 bits per heavy atom. The summed E-state index contributed by atoms with van der Waals surface area (Å²) in [7, 11) is -0.974. The Morgan fingerprint density at radius 1 is 0.966 bits per heavy atom. The Balaban J connectivity index is 1.84. The van der Waals surface area contributed by atoms with Crippen LogP contribution in [0, 0.1) is 5.82 Å². The Morgan fingerprint density at radius 2 is 1.66 bits per heavy atom. The molecule has 0 bridgehead atoms. The first-order chi connectivity index (χ1) is 13.7. The van der Waals surface area contributed by atoms with E-state index >= 15 is 0 Å². The Labute approximate surface area is 166 Å². The molecule has 1 aromatic heterocycles. The maximum absolute atomic E-state index is 13.7. The zero-order valence-electron chi connectivity index (χ0n) is 16.0. The summed E-state index contributed by atoms with van der Waals surface area (Å²) in [6, 6.07) is 9.90. The SMILES string of the molecule is Cn1c(=O)c(=O)n(C)c2cc(S(=O)(=O)N3CCCC3c3cccc(F)c3)ccc21. The summed E-state index contributed by atoms with van der Waals surface area (Å²) in [6.07, 6.45) is 1.27. The van der Waals surface area contributed by atoms with Gasteiger partial charge in [0.1, 0.15) is 5.82 Å². The van der Waals surface area contributed by atoms with Gasteiger partial charge in [0, 0.05) is 20.6 Å². The second-order valence-electron chi connectivity index (χ2n) is 7.21. The van der Waals surface area contributed by atoms with Crippen LogP contribution in [0.5, 0.6) is 0 Å². The first-order valence-electron chi connectivity index (χ1n) is 9.19. The highest BCUT2D eigenvalue weighted by molar-refractivity contribution is 7.89. The highest BCUT2D eigenvalue weighted by Crippen LogP contribution is 2.37. The first kappa shape index (κ1) is 19.5. The van der Waals surface area contributed by atoms with Gasteiger partial charge in [0.15, 0.2) is 0 Å². The maximum Gasteiger partial charge on any atom is 0.316 e. The van der Waals surface area contributed by atoms with E-state index in [1.54, 1.807) is 12.1 Å². The molecule has 0 spiro atoms. The van der Waals surface area contributed by atoms with Crippen LogP contribution in [0.3, 0.4) is 0 Å². The van der Waals surface area contributed by atoms with E-state index in [-0.39, 0.29) is 4.90 Å². The quantitative estimate of drug-likeness (QED) is 0.610. The fourth-order valence-corrected chi connectivity index (χ4v) is 5.63. The van der Waals surface area contributed by atoms with Crippen LogP contribution in [0.1, 0.15) is 24.4 Å². The summed E-state index contributed by atoms with van der Waals surface area (Å²) in [4.78, 5) is 24.1. The van der Waals surface area contributed by atoms with E-state index in [9.17, 15) is 22.4 Å². The lowest BCUT2D eigenvalue weighted by Gasteiger charge is -2.25. The molecule has 4 rings (SSSR count). The molecule has 2 heterocycles. The van der Waals surface area contributed by atoms with Crippen LogP contribution in [0.2, 0.25) is 0 Å². The summed E-state index contributed by atoms with van der Waals surface area (Å²) < 4.78 is 44.2. The van der Waals surface area contributed by atoms with Crippen LogP contribution in [0.4, 0.5) is 4.39 Å². The smallest absolute Gasteiger partial charge is 0.305 e. The van der Waals surface area contributed by atoms with E-state index in [0.29, 0.717) is 36.0 Å². The van der Waals surface area contributed by atoms with Crippen molar-refractivity contribution in [3.8, 4) is 0 Å². The molecule has 152 valence electrons. The van der Waals surface area contributed by atoms with Gasteiger partial charge in [0.05, 0.1) is 22.0 Å². The average Bonchev–Trinajstić information content (AvgIpc) is 3.21. The van der Waals surface area contributed by atoms with Gasteiger partial charge in [-0.15, -0.1) is 0 Å². The fourth-order valence-electron chi connectivity index (χ4n) is 3.93. The van der Waals surface area contributed by atoms with Crippen molar-refractivity contribution in [3.63, 3.8) is 0 Å². The van der Waals surface area contributed by atoms with E-state index < -0.39 is 33.0 Å². The molecule has 0 radical (unpaired) electrons. The molecular formula is C20H20FN3O4S. The molecule has 1 saturated heterocycles.